The minimum atomic E-state index is -0.730. The maximum atomic E-state index is 10.7. The van der Waals surface area contributed by atoms with E-state index in [4.69, 9.17) is 5.11 Å². The molecule has 2 nitrogen and oxygen atoms in total. The monoisotopic (exact) mass is 206 g/mol. The van der Waals surface area contributed by atoms with Crippen molar-refractivity contribution in [3.8, 4) is 0 Å². The molecule has 0 saturated heterocycles. The van der Waals surface area contributed by atoms with Gasteiger partial charge in [-0.3, -0.25) is 4.79 Å². The highest BCUT2D eigenvalue weighted by Crippen LogP contribution is 2.33. The summed E-state index contributed by atoms with van der Waals surface area (Å²) in [5.41, 5.74) is 1.10. The van der Waals surface area contributed by atoms with Crippen molar-refractivity contribution in [2.45, 2.75) is 32.6 Å². The minimum absolute atomic E-state index is 0.0976. The fraction of sp³-hybridized carbons (Fsp3) is 0.462. The van der Waals surface area contributed by atoms with Crippen LogP contribution in [0.5, 0.6) is 0 Å². The number of carboxylic acids is 1. The predicted molar refractivity (Wildman–Crippen MR) is 60.9 cm³/mol. The van der Waals surface area contributed by atoms with Gasteiger partial charge in [-0.15, -0.1) is 0 Å². The van der Waals surface area contributed by atoms with Crippen LogP contribution in [0.4, 0.5) is 0 Å². The van der Waals surface area contributed by atoms with Crippen LogP contribution >= 0.6 is 0 Å². The van der Waals surface area contributed by atoms with Gasteiger partial charge in [0.05, 0.1) is 0 Å². The molecule has 15 heavy (non-hydrogen) atoms. The standard InChI is InChI=1S/C13H18O2/c1-10(9-12(14)15)13(2,3)11-7-5-4-6-8-11/h4-8,10H,9H2,1-3H3,(H,14,15). The van der Waals surface area contributed by atoms with Crippen molar-refractivity contribution in [3.63, 3.8) is 0 Å². The molecule has 1 aromatic rings. The van der Waals surface area contributed by atoms with Gasteiger partial charge in [0, 0.05) is 6.42 Å². The van der Waals surface area contributed by atoms with Crippen LogP contribution in [0.25, 0.3) is 0 Å². The maximum absolute atomic E-state index is 10.7. The first-order valence-electron chi connectivity index (χ1n) is 5.22. The average molecular weight is 206 g/mol. The van der Waals surface area contributed by atoms with Crippen LogP contribution in [0.2, 0.25) is 0 Å². The molecule has 0 radical (unpaired) electrons. The number of hydrogen-bond donors (Lipinski definition) is 1. The van der Waals surface area contributed by atoms with E-state index in [9.17, 15) is 4.79 Å². The zero-order chi connectivity index (χ0) is 11.5. The zero-order valence-electron chi connectivity index (χ0n) is 9.53. The Bertz CT molecular complexity index is 328. The van der Waals surface area contributed by atoms with Crippen molar-refractivity contribution in [1.29, 1.82) is 0 Å². The summed E-state index contributed by atoms with van der Waals surface area (Å²) in [6.45, 7) is 6.17. The van der Waals surface area contributed by atoms with E-state index in [-0.39, 0.29) is 17.8 Å². The largest absolute Gasteiger partial charge is 0.481 e. The smallest absolute Gasteiger partial charge is 0.303 e. The lowest BCUT2D eigenvalue weighted by Crippen LogP contribution is -2.28. The Labute approximate surface area is 90.9 Å². The minimum Gasteiger partial charge on any atom is -0.481 e. The molecule has 0 aromatic heterocycles. The molecule has 0 heterocycles. The maximum Gasteiger partial charge on any atom is 0.303 e. The molecule has 1 N–H and O–H groups in total. The highest BCUT2D eigenvalue weighted by Gasteiger charge is 2.29. The van der Waals surface area contributed by atoms with E-state index >= 15 is 0 Å². The Kier molecular flexibility index (Phi) is 3.51. The molecule has 0 fully saturated rings. The number of rotatable bonds is 4. The van der Waals surface area contributed by atoms with Crippen LogP contribution in [0.15, 0.2) is 30.3 Å². The van der Waals surface area contributed by atoms with Crippen LogP contribution < -0.4 is 0 Å². The SMILES string of the molecule is CC(CC(=O)O)C(C)(C)c1ccccc1. The van der Waals surface area contributed by atoms with Crippen LogP contribution in [0.3, 0.4) is 0 Å². The van der Waals surface area contributed by atoms with Crippen LogP contribution in [0.1, 0.15) is 32.8 Å². The van der Waals surface area contributed by atoms with Gasteiger partial charge in [-0.05, 0) is 16.9 Å². The zero-order valence-corrected chi connectivity index (χ0v) is 9.53. The Hall–Kier alpha value is -1.31. The molecule has 82 valence electrons. The third-order valence-electron chi connectivity index (χ3n) is 3.23. The molecule has 2 heteroatoms. The third-order valence-corrected chi connectivity index (χ3v) is 3.23. The molecule has 1 rings (SSSR count). The highest BCUT2D eigenvalue weighted by atomic mass is 16.4. The van der Waals surface area contributed by atoms with Gasteiger partial charge in [0.15, 0.2) is 0 Å². The summed E-state index contributed by atoms with van der Waals surface area (Å²) >= 11 is 0. The Morgan fingerprint density at radius 1 is 1.33 bits per heavy atom. The van der Waals surface area contributed by atoms with Crippen LogP contribution in [-0.2, 0) is 10.2 Å². The average Bonchev–Trinajstić information content (AvgIpc) is 2.18. The van der Waals surface area contributed by atoms with Crippen molar-refractivity contribution in [3.05, 3.63) is 35.9 Å². The first kappa shape index (κ1) is 11.8. The van der Waals surface area contributed by atoms with E-state index in [0.717, 1.165) is 0 Å². The summed E-state index contributed by atoms with van der Waals surface area (Å²) in [5, 5.41) is 8.79. The molecule has 0 aliphatic rings. The lowest BCUT2D eigenvalue weighted by atomic mass is 9.73. The first-order valence-corrected chi connectivity index (χ1v) is 5.22. The third kappa shape index (κ3) is 2.82. The molecular weight excluding hydrogens is 188 g/mol. The lowest BCUT2D eigenvalue weighted by Gasteiger charge is -2.31. The summed E-state index contributed by atoms with van der Waals surface area (Å²) in [4.78, 5) is 10.7. The molecule has 1 unspecified atom stereocenters. The molecule has 0 spiro atoms. The summed E-state index contributed by atoms with van der Waals surface area (Å²) in [6.07, 6.45) is 0.210. The second kappa shape index (κ2) is 4.47. The molecule has 0 aliphatic carbocycles. The van der Waals surface area contributed by atoms with Gasteiger partial charge >= 0.3 is 5.97 Å². The molecule has 0 aliphatic heterocycles. The van der Waals surface area contributed by atoms with E-state index < -0.39 is 5.97 Å². The Balaban J connectivity index is 2.87. The van der Waals surface area contributed by atoms with Gasteiger partial charge in [0.1, 0.15) is 0 Å². The van der Waals surface area contributed by atoms with E-state index in [2.05, 4.69) is 26.0 Å². The van der Waals surface area contributed by atoms with Crippen molar-refractivity contribution in [2.24, 2.45) is 5.92 Å². The summed E-state index contributed by atoms with van der Waals surface area (Å²) in [7, 11) is 0. The number of carbonyl (C=O) groups is 1. The van der Waals surface area contributed by atoms with Gasteiger partial charge in [-0.2, -0.15) is 0 Å². The van der Waals surface area contributed by atoms with Crippen molar-refractivity contribution in [2.75, 3.05) is 0 Å². The molecule has 1 aromatic carbocycles. The van der Waals surface area contributed by atoms with E-state index in [1.807, 2.05) is 25.1 Å². The number of aliphatic carboxylic acids is 1. The first-order chi connectivity index (χ1) is 6.94. The lowest BCUT2D eigenvalue weighted by molar-refractivity contribution is -0.138. The molecule has 0 bridgehead atoms. The number of benzene rings is 1. The van der Waals surface area contributed by atoms with Gasteiger partial charge in [-0.25, -0.2) is 0 Å². The predicted octanol–water partition coefficient (Wildman–Crippen LogP) is 3.08. The molecule has 1 atom stereocenters. The van der Waals surface area contributed by atoms with Crippen LogP contribution in [-0.4, -0.2) is 11.1 Å². The van der Waals surface area contributed by atoms with Crippen molar-refractivity contribution >= 4 is 5.97 Å². The summed E-state index contributed by atoms with van der Waals surface area (Å²) in [6, 6.07) is 10.1. The fourth-order valence-corrected chi connectivity index (χ4v) is 1.67. The summed E-state index contributed by atoms with van der Waals surface area (Å²) in [5.74, 6) is -0.607. The Morgan fingerprint density at radius 3 is 2.33 bits per heavy atom. The number of hydrogen-bond acceptors (Lipinski definition) is 1. The van der Waals surface area contributed by atoms with E-state index in [1.165, 1.54) is 5.56 Å². The second-order valence-electron chi connectivity index (χ2n) is 4.59. The summed E-state index contributed by atoms with van der Waals surface area (Å²) < 4.78 is 0. The fourth-order valence-electron chi connectivity index (χ4n) is 1.67. The van der Waals surface area contributed by atoms with Gasteiger partial charge < -0.3 is 5.11 Å². The van der Waals surface area contributed by atoms with E-state index in [0.29, 0.717) is 0 Å². The van der Waals surface area contributed by atoms with Crippen LogP contribution in [0, 0.1) is 5.92 Å². The van der Waals surface area contributed by atoms with Gasteiger partial charge in [-0.1, -0.05) is 51.1 Å². The number of carboxylic acid groups (broad SMARTS) is 1. The van der Waals surface area contributed by atoms with Gasteiger partial charge in [0.25, 0.3) is 0 Å². The van der Waals surface area contributed by atoms with Crippen molar-refractivity contribution < 1.29 is 9.90 Å². The molecular formula is C13H18O2. The molecule has 0 saturated carbocycles. The Morgan fingerprint density at radius 2 is 1.87 bits per heavy atom. The quantitative estimate of drug-likeness (QED) is 0.822. The van der Waals surface area contributed by atoms with Crippen molar-refractivity contribution in [1.82, 2.24) is 0 Å². The normalized spacial score (nSPS) is 13.5. The van der Waals surface area contributed by atoms with Gasteiger partial charge in [0.2, 0.25) is 0 Å². The van der Waals surface area contributed by atoms with E-state index in [1.54, 1.807) is 0 Å². The topological polar surface area (TPSA) is 37.3 Å². The highest BCUT2D eigenvalue weighted by molar-refractivity contribution is 5.67. The molecule has 0 amide bonds. The second-order valence-corrected chi connectivity index (χ2v) is 4.59.